The monoisotopic (exact) mass is 235 g/mol. The van der Waals surface area contributed by atoms with Crippen LogP contribution in [0.15, 0.2) is 18.2 Å². The first-order valence-corrected chi connectivity index (χ1v) is 4.85. The molecule has 1 rings (SSSR count). The SMILES string of the molecule is O=C(CCCl)Nc1cc(Cl)ccc1F. The van der Waals surface area contributed by atoms with Crippen LogP contribution in [0.2, 0.25) is 5.02 Å². The molecule has 5 heteroatoms. The Morgan fingerprint density at radius 2 is 2.21 bits per heavy atom. The molecule has 0 radical (unpaired) electrons. The summed E-state index contributed by atoms with van der Waals surface area (Å²) in [5.74, 6) is -0.646. The molecule has 0 aromatic heterocycles. The van der Waals surface area contributed by atoms with E-state index in [9.17, 15) is 9.18 Å². The van der Waals surface area contributed by atoms with Crippen molar-refractivity contribution < 1.29 is 9.18 Å². The van der Waals surface area contributed by atoms with Crippen molar-refractivity contribution in [3.8, 4) is 0 Å². The van der Waals surface area contributed by atoms with Crippen molar-refractivity contribution >= 4 is 34.8 Å². The summed E-state index contributed by atoms with van der Waals surface area (Å²) in [6, 6.07) is 3.95. The molecule has 0 aliphatic rings. The maximum absolute atomic E-state index is 13.1. The number of hydrogen-bond acceptors (Lipinski definition) is 1. The summed E-state index contributed by atoms with van der Waals surface area (Å²) in [7, 11) is 0. The fourth-order valence-electron chi connectivity index (χ4n) is 0.892. The topological polar surface area (TPSA) is 29.1 Å². The van der Waals surface area contributed by atoms with Gasteiger partial charge in [-0.15, -0.1) is 11.6 Å². The third-order valence-electron chi connectivity index (χ3n) is 1.52. The van der Waals surface area contributed by atoms with Crippen LogP contribution in [0, 0.1) is 5.82 Å². The Morgan fingerprint density at radius 3 is 2.86 bits per heavy atom. The minimum absolute atomic E-state index is 0.0765. The number of anilines is 1. The lowest BCUT2D eigenvalue weighted by Gasteiger charge is -2.05. The molecule has 0 fully saturated rings. The number of hydrogen-bond donors (Lipinski definition) is 1. The molecule has 1 amide bonds. The molecule has 1 aromatic carbocycles. The van der Waals surface area contributed by atoms with Gasteiger partial charge in [-0.3, -0.25) is 4.79 Å². The van der Waals surface area contributed by atoms with E-state index < -0.39 is 5.82 Å². The van der Waals surface area contributed by atoms with Crippen molar-refractivity contribution in [1.82, 2.24) is 0 Å². The van der Waals surface area contributed by atoms with Crippen LogP contribution >= 0.6 is 23.2 Å². The van der Waals surface area contributed by atoms with Crippen molar-refractivity contribution in [2.24, 2.45) is 0 Å². The lowest BCUT2D eigenvalue weighted by atomic mass is 10.3. The van der Waals surface area contributed by atoms with E-state index in [4.69, 9.17) is 23.2 Å². The smallest absolute Gasteiger partial charge is 0.225 e. The third kappa shape index (κ3) is 3.16. The van der Waals surface area contributed by atoms with Gasteiger partial charge in [-0.1, -0.05) is 11.6 Å². The minimum Gasteiger partial charge on any atom is -0.324 e. The maximum Gasteiger partial charge on any atom is 0.225 e. The number of rotatable bonds is 3. The first-order chi connectivity index (χ1) is 6.63. The molecule has 0 saturated carbocycles. The van der Waals surface area contributed by atoms with E-state index in [1.165, 1.54) is 18.2 Å². The normalized spacial score (nSPS) is 9.93. The van der Waals surface area contributed by atoms with Gasteiger partial charge in [0.2, 0.25) is 5.91 Å². The summed E-state index contributed by atoms with van der Waals surface area (Å²) in [6.45, 7) is 0. The van der Waals surface area contributed by atoms with E-state index in [-0.39, 0.29) is 23.9 Å². The van der Waals surface area contributed by atoms with Gasteiger partial charge in [-0.25, -0.2) is 4.39 Å². The molecule has 76 valence electrons. The van der Waals surface area contributed by atoms with E-state index in [1.807, 2.05) is 0 Å². The van der Waals surface area contributed by atoms with Gasteiger partial charge in [0, 0.05) is 17.3 Å². The standard InChI is InChI=1S/C9H8Cl2FNO/c10-4-3-9(14)13-8-5-6(11)1-2-7(8)12/h1-2,5H,3-4H2,(H,13,14). The van der Waals surface area contributed by atoms with Crippen LogP contribution in [-0.2, 0) is 4.79 Å². The first-order valence-electron chi connectivity index (χ1n) is 3.94. The average Bonchev–Trinajstić information content (AvgIpc) is 2.12. The molecule has 1 aromatic rings. The molecule has 0 saturated heterocycles. The van der Waals surface area contributed by atoms with Crippen LogP contribution < -0.4 is 5.32 Å². The summed E-state index contributed by atoms with van der Waals surface area (Å²) in [6.07, 6.45) is 0.146. The quantitative estimate of drug-likeness (QED) is 0.803. The predicted molar refractivity (Wildman–Crippen MR) is 55.4 cm³/mol. The number of nitrogens with one attached hydrogen (secondary N) is 1. The molecule has 0 heterocycles. The van der Waals surface area contributed by atoms with Gasteiger partial charge in [0.15, 0.2) is 0 Å². The lowest BCUT2D eigenvalue weighted by molar-refractivity contribution is -0.115. The lowest BCUT2D eigenvalue weighted by Crippen LogP contribution is -2.12. The van der Waals surface area contributed by atoms with Crippen molar-refractivity contribution in [2.45, 2.75) is 6.42 Å². The molecular formula is C9H8Cl2FNO. The Balaban J connectivity index is 2.75. The number of carbonyl (C=O) groups excluding carboxylic acids is 1. The molecule has 0 aliphatic carbocycles. The van der Waals surface area contributed by atoms with E-state index in [0.29, 0.717) is 5.02 Å². The zero-order valence-corrected chi connectivity index (χ0v) is 8.70. The number of halogens is 3. The summed E-state index contributed by atoms with van der Waals surface area (Å²) in [5.41, 5.74) is 0.0765. The second-order valence-electron chi connectivity index (χ2n) is 2.61. The highest BCUT2D eigenvalue weighted by Crippen LogP contribution is 2.19. The van der Waals surface area contributed by atoms with Crippen LogP contribution in [0.5, 0.6) is 0 Å². The minimum atomic E-state index is -0.516. The van der Waals surface area contributed by atoms with Gasteiger partial charge < -0.3 is 5.32 Å². The molecule has 2 nitrogen and oxygen atoms in total. The Hall–Kier alpha value is -0.800. The largest absolute Gasteiger partial charge is 0.324 e. The zero-order valence-electron chi connectivity index (χ0n) is 7.19. The number of carbonyl (C=O) groups is 1. The maximum atomic E-state index is 13.1. The average molecular weight is 236 g/mol. The van der Waals surface area contributed by atoms with E-state index >= 15 is 0 Å². The Morgan fingerprint density at radius 1 is 1.50 bits per heavy atom. The number of alkyl halides is 1. The van der Waals surface area contributed by atoms with E-state index in [2.05, 4.69) is 5.32 Å². The van der Waals surface area contributed by atoms with Crippen molar-refractivity contribution in [3.05, 3.63) is 29.0 Å². The van der Waals surface area contributed by atoms with Gasteiger partial charge in [0.1, 0.15) is 5.82 Å². The Kier molecular flexibility index (Phi) is 4.17. The molecule has 0 aliphatic heterocycles. The highest BCUT2D eigenvalue weighted by atomic mass is 35.5. The number of amides is 1. The molecule has 0 atom stereocenters. The van der Waals surface area contributed by atoms with Gasteiger partial charge in [0.05, 0.1) is 5.69 Å². The fourth-order valence-corrected chi connectivity index (χ4v) is 1.24. The van der Waals surface area contributed by atoms with Crippen molar-refractivity contribution in [1.29, 1.82) is 0 Å². The van der Waals surface area contributed by atoms with Gasteiger partial charge in [0.25, 0.3) is 0 Å². The van der Waals surface area contributed by atoms with E-state index in [0.717, 1.165) is 0 Å². The van der Waals surface area contributed by atoms with Crippen molar-refractivity contribution in [2.75, 3.05) is 11.2 Å². The second-order valence-corrected chi connectivity index (χ2v) is 3.43. The summed E-state index contributed by atoms with van der Waals surface area (Å²) < 4.78 is 13.1. The van der Waals surface area contributed by atoms with Gasteiger partial charge in [-0.05, 0) is 18.2 Å². The van der Waals surface area contributed by atoms with E-state index in [1.54, 1.807) is 0 Å². The Bertz CT molecular complexity index is 344. The van der Waals surface area contributed by atoms with Gasteiger partial charge >= 0.3 is 0 Å². The van der Waals surface area contributed by atoms with Crippen LogP contribution in [0.25, 0.3) is 0 Å². The van der Waals surface area contributed by atoms with Crippen LogP contribution in [0.4, 0.5) is 10.1 Å². The molecule has 1 N–H and O–H groups in total. The molecule has 14 heavy (non-hydrogen) atoms. The van der Waals surface area contributed by atoms with Crippen LogP contribution in [0.3, 0.4) is 0 Å². The highest BCUT2D eigenvalue weighted by molar-refractivity contribution is 6.30. The van der Waals surface area contributed by atoms with Gasteiger partial charge in [-0.2, -0.15) is 0 Å². The molecular weight excluding hydrogens is 228 g/mol. The summed E-state index contributed by atoms with van der Waals surface area (Å²) in [5, 5.41) is 2.74. The predicted octanol–water partition coefficient (Wildman–Crippen LogP) is 3.05. The first kappa shape index (κ1) is 11.3. The van der Waals surface area contributed by atoms with Crippen molar-refractivity contribution in [3.63, 3.8) is 0 Å². The molecule has 0 unspecified atom stereocenters. The fraction of sp³-hybridized carbons (Fsp3) is 0.222. The zero-order chi connectivity index (χ0) is 10.6. The summed E-state index contributed by atoms with van der Waals surface area (Å²) >= 11 is 11.0. The van der Waals surface area contributed by atoms with Crippen LogP contribution in [0.1, 0.15) is 6.42 Å². The molecule has 0 spiro atoms. The third-order valence-corrected chi connectivity index (χ3v) is 1.95. The van der Waals surface area contributed by atoms with Crippen LogP contribution in [-0.4, -0.2) is 11.8 Å². The number of benzene rings is 1. The highest BCUT2D eigenvalue weighted by Gasteiger charge is 2.06. The molecule has 0 bridgehead atoms. The summed E-state index contributed by atoms with van der Waals surface area (Å²) in [4.78, 5) is 11.1. The Labute approximate surface area is 91.0 Å². The second kappa shape index (κ2) is 5.17.